The number of carbonyl (C=O) groups is 1. The van der Waals surface area contributed by atoms with Crippen LogP contribution >= 0.6 is 0 Å². The number of benzene rings is 3. The number of H-pyrrole nitrogens is 1. The summed E-state index contributed by atoms with van der Waals surface area (Å²) in [6.45, 7) is 14.0. The molecule has 11 rings (SSSR count). The molecular weight excluding hydrogens is 1070 g/mol. The number of quaternary nitrogens is 1. The maximum atomic E-state index is 15.1. The monoisotopic (exact) mass is 1140 g/mol. The Kier molecular flexibility index (Phi) is 16.5. The zero-order valence-electron chi connectivity index (χ0n) is 47.9. The quantitative estimate of drug-likeness (QED) is 0.0451. The second-order valence-electron chi connectivity index (χ2n) is 24.0. The van der Waals surface area contributed by atoms with Crippen LogP contribution in [0.25, 0.3) is 11.0 Å². The van der Waals surface area contributed by atoms with Gasteiger partial charge in [-0.05, 0) is 136 Å². The highest BCUT2D eigenvalue weighted by molar-refractivity contribution is 7.90. The number of rotatable bonds is 20. The Labute approximate surface area is 480 Å². The van der Waals surface area contributed by atoms with E-state index in [9.17, 15) is 23.5 Å². The van der Waals surface area contributed by atoms with E-state index in [0.29, 0.717) is 37.5 Å². The molecule has 0 bridgehead atoms. The van der Waals surface area contributed by atoms with Crippen molar-refractivity contribution < 1.29 is 46.7 Å². The summed E-state index contributed by atoms with van der Waals surface area (Å²) in [6, 6.07) is 23.7. The van der Waals surface area contributed by atoms with E-state index in [-0.39, 0.29) is 74.4 Å². The number of halogens is 1. The summed E-state index contributed by atoms with van der Waals surface area (Å²) in [5.74, 6) is 0.979. The van der Waals surface area contributed by atoms with Crippen molar-refractivity contribution >= 4 is 44.2 Å². The minimum atomic E-state index is -4.60. The van der Waals surface area contributed by atoms with Crippen molar-refractivity contribution in [2.45, 2.75) is 133 Å². The van der Waals surface area contributed by atoms with Crippen LogP contribution in [0, 0.1) is 22.4 Å². The van der Waals surface area contributed by atoms with Crippen LogP contribution in [0.2, 0.25) is 0 Å². The minimum Gasteiger partial charge on any atom is -0.629 e. The molecule has 2 saturated heterocycles. The number of hydroxylamine groups is 1. The number of aliphatic hydroxyl groups is 1. The molecule has 6 aromatic rings. The number of carbonyl (C=O) groups excluding carboxylic acids is 1. The van der Waals surface area contributed by atoms with E-state index in [1.54, 1.807) is 26.2 Å². The van der Waals surface area contributed by atoms with Gasteiger partial charge in [0.15, 0.2) is 28.8 Å². The number of pyridine rings is 2. The molecule has 82 heavy (non-hydrogen) atoms. The van der Waals surface area contributed by atoms with E-state index in [1.165, 1.54) is 48.1 Å². The van der Waals surface area contributed by atoms with Crippen LogP contribution < -0.4 is 38.9 Å². The molecule has 5 heterocycles. The van der Waals surface area contributed by atoms with Gasteiger partial charge in [-0.1, -0.05) is 44.2 Å². The Morgan fingerprint density at radius 3 is 2.44 bits per heavy atom. The summed E-state index contributed by atoms with van der Waals surface area (Å²) in [5, 5.41) is 26.3. The van der Waals surface area contributed by atoms with E-state index < -0.39 is 32.4 Å². The van der Waals surface area contributed by atoms with E-state index in [1.807, 2.05) is 6.92 Å². The molecule has 5 fully saturated rings. The number of hydrogen-bond donors (Lipinski definition) is 5. The molecule has 1 spiro atoms. The van der Waals surface area contributed by atoms with Crippen LogP contribution in [0.4, 0.5) is 21.6 Å². The van der Waals surface area contributed by atoms with Gasteiger partial charge in [-0.25, -0.2) is 22.5 Å². The lowest BCUT2D eigenvalue weighted by Gasteiger charge is -2.58. The van der Waals surface area contributed by atoms with Gasteiger partial charge in [-0.2, -0.15) is 4.98 Å². The first-order valence-corrected chi connectivity index (χ1v) is 30.7. The zero-order valence-corrected chi connectivity index (χ0v) is 48.7. The van der Waals surface area contributed by atoms with Crippen LogP contribution in [0.15, 0.2) is 90.1 Å². The molecule has 5 aliphatic rings. The predicted octanol–water partition coefficient (Wildman–Crippen LogP) is 9.39. The predicted molar refractivity (Wildman–Crippen MR) is 312 cm³/mol. The van der Waals surface area contributed by atoms with E-state index in [2.05, 4.69) is 96.0 Å². The third kappa shape index (κ3) is 12.5. The lowest BCUT2D eigenvalue weighted by molar-refractivity contribution is -0.751. The second kappa shape index (κ2) is 23.6. The van der Waals surface area contributed by atoms with Crippen molar-refractivity contribution in [3.05, 3.63) is 118 Å². The molecule has 1 unspecified atom stereocenters. The van der Waals surface area contributed by atoms with Crippen LogP contribution in [0.5, 0.6) is 28.9 Å². The van der Waals surface area contributed by atoms with E-state index in [0.717, 1.165) is 114 Å². The molecular formula is C62H78FN9O9S. The number of anilines is 2. The zero-order chi connectivity index (χ0) is 57.5. The Bertz CT molecular complexity index is 3380. The molecule has 3 saturated carbocycles. The van der Waals surface area contributed by atoms with Crippen molar-refractivity contribution in [3.63, 3.8) is 0 Å². The molecule has 3 aromatic heterocycles. The van der Waals surface area contributed by atoms with Crippen molar-refractivity contribution in [3.8, 4) is 28.9 Å². The summed E-state index contributed by atoms with van der Waals surface area (Å²) in [5.41, 5.74) is 4.43. The van der Waals surface area contributed by atoms with E-state index >= 15 is 4.39 Å². The molecule has 3 aliphatic carbocycles. The third-order valence-corrected chi connectivity index (χ3v) is 19.0. The fraction of sp³-hybridized carbons (Fsp3) is 0.500. The van der Waals surface area contributed by atoms with Gasteiger partial charge in [-0.3, -0.25) is 14.6 Å². The highest BCUT2D eigenvalue weighted by Gasteiger charge is 2.50. The van der Waals surface area contributed by atoms with Crippen molar-refractivity contribution in [2.24, 2.45) is 11.3 Å². The number of methoxy groups -OCH3 is 1. The lowest BCUT2D eigenvalue weighted by atomic mass is 9.59. The lowest BCUT2D eigenvalue weighted by Crippen LogP contribution is -2.98. The molecule has 438 valence electrons. The van der Waals surface area contributed by atoms with Crippen molar-refractivity contribution in [1.82, 2.24) is 29.5 Å². The number of piperidine rings is 1. The number of aromatic nitrogens is 3. The van der Waals surface area contributed by atoms with Crippen LogP contribution in [0.1, 0.15) is 131 Å². The SMILES string of the molecule is CCOc1nc2[nH]cc(F)c2cc1Oc1cc(N2CCC3(CC2)CC(N2CCN(Cc4ccc(OC5CC5)c(OC)c4)C[C@H]2c2ccccc2C(C)C)C3)ccc1C(=O)NS(=O)(=O)c1cnc(NCC2CCC(C)(O)CC2)c([NH+](C)[O-])c1. The number of sulfonamides is 1. The molecule has 1 amide bonds. The fourth-order valence-corrected chi connectivity index (χ4v) is 13.7. The highest BCUT2D eigenvalue weighted by atomic mass is 32.2. The highest BCUT2D eigenvalue weighted by Crippen LogP contribution is 2.54. The summed E-state index contributed by atoms with van der Waals surface area (Å²) in [7, 11) is -1.56. The van der Waals surface area contributed by atoms with Crippen molar-refractivity contribution in [2.75, 3.05) is 70.2 Å². The van der Waals surface area contributed by atoms with Gasteiger partial charge in [0.2, 0.25) is 0 Å². The smallest absolute Gasteiger partial charge is 0.268 e. The van der Waals surface area contributed by atoms with Gasteiger partial charge in [0, 0.05) is 88.0 Å². The second-order valence-corrected chi connectivity index (χ2v) is 25.7. The van der Waals surface area contributed by atoms with Gasteiger partial charge in [0.05, 0.1) is 49.6 Å². The van der Waals surface area contributed by atoms with Crippen molar-refractivity contribution in [1.29, 1.82) is 0 Å². The average molecular weight is 1140 g/mol. The first-order chi connectivity index (χ1) is 39.4. The van der Waals surface area contributed by atoms with Crippen LogP contribution in [-0.4, -0.2) is 122 Å². The number of fused-ring (bicyclic) bond motifs is 1. The largest absolute Gasteiger partial charge is 0.629 e. The molecule has 0 radical (unpaired) electrons. The standard InChI is InChI=1S/C62H78FN9O9S/c1-7-79-60-56(31-49-50(63)36-66-57(49)67-60)81-54-29-42(13-16-48(54)59(73)68-82(76,77)45-30-51(69(5)75)58(65-35-45)64-34-40-18-20-61(4,74)21-19-40)71-24-22-62(23-25-71)32-43(33-62)72-27-26-70(38-52(72)47-11-9-8-10-46(47)39(2)3)37-41-12-17-53(55(28-41)78-6)80-44-14-15-44/h8-13,16-17,28-31,35-36,39-40,43-44,52,69,74H,7,14-15,18-27,32-34,37-38H2,1-6H3,(H,64,65)(H,66,67)(H,68,73)/t40?,52-,61?/m0/s1. The Balaban J connectivity index is 0.800. The number of nitrogens with zero attached hydrogens (tertiary/aromatic N) is 5. The number of ether oxygens (including phenoxy) is 4. The maximum Gasteiger partial charge on any atom is 0.268 e. The number of aromatic amines is 1. The first-order valence-electron chi connectivity index (χ1n) is 29.2. The number of nitrogens with one attached hydrogen (secondary N) is 4. The number of piperazine rings is 1. The normalized spacial score (nSPS) is 22.0. The summed E-state index contributed by atoms with van der Waals surface area (Å²) >= 11 is 0. The summed E-state index contributed by atoms with van der Waals surface area (Å²) in [6.07, 6.45) is 11.8. The summed E-state index contributed by atoms with van der Waals surface area (Å²) in [4.78, 5) is 33.3. The fourth-order valence-electron chi connectivity index (χ4n) is 12.8. The van der Waals surface area contributed by atoms with Crippen LogP contribution in [-0.2, 0) is 16.6 Å². The minimum absolute atomic E-state index is 0.00386. The Morgan fingerprint density at radius 2 is 1.72 bits per heavy atom. The van der Waals surface area contributed by atoms with Gasteiger partial charge in [-0.15, -0.1) is 0 Å². The first kappa shape index (κ1) is 57.3. The third-order valence-electron chi connectivity index (χ3n) is 17.7. The number of hydrogen-bond acceptors (Lipinski definition) is 15. The molecule has 20 heteroatoms. The molecule has 5 N–H and O–H groups in total. The van der Waals surface area contributed by atoms with E-state index in [4.69, 9.17) is 18.9 Å². The molecule has 3 aromatic carbocycles. The molecule has 18 nitrogen and oxygen atoms in total. The Morgan fingerprint density at radius 1 is 0.951 bits per heavy atom. The van der Waals surface area contributed by atoms with Crippen LogP contribution in [0.3, 0.4) is 0 Å². The van der Waals surface area contributed by atoms with Gasteiger partial charge < -0.3 is 49.5 Å². The molecule has 2 atom stereocenters. The number of amides is 1. The van der Waals surface area contributed by atoms with Gasteiger partial charge in [0.25, 0.3) is 21.8 Å². The molecule has 2 aliphatic heterocycles. The topological polar surface area (TPSA) is 211 Å². The average Bonchev–Trinajstić information content (AvgIpc) is 3.94. The summed E-state index contributed by atoms with van der Waals surface area (Å²) < 4.78 is 69.7. The Hall–Kier alpha value is -6.55. The van der Waals surface area contributed by atoms with Gasteiger partial charge >= 0.3 is 0 Å². The maximum absolute atomic E-state index is 15.1. The van der Waals surface area contributed by atoms with Gasteiger partial charge in [0.1, 0.15) is 22.1 Å².